The standard InChI is InChI=1S/C12H11N3O2/c1-9(16)11-12(17)15-7-3-2-5-10(15)14(11)8-4-6-13/h2-3,5,7H,4,8H2,1H3. The molecule has 0 aliphatic carbocycles. The van der Waals surface area contributed by atoms with Gasteiger partial charge in [0.2, 0.25) is 11.5 Å². The van der Waals surface area contributed by atoms with Crippen molar-refractivity contribution < 1.29 is 14.3 Å². The summed E-state index contributed by atoms with van der Waals surface area (Å²) in [4.78, 5) is 11.5. The molecule has 5 nitrogen and oxygen atoms in total. The third-order valence-corrected chi connectivity index (χ3v) is 2.59. The molecule has 0 saturated carbocycles. The fourth-order valence-corrected chi connectivity index (χ4v) is 1.90. The number of carbonyl (C=O) groups excluding carboxylic acids is 1. The van der Waals surface area contributed by atoms with Gasteiger partial charge in [0.05, 0.1) is 18.7 Å². The summed E-state index contributed by atoms with van der Waals surface area (Å²) in [5.41, 5.74) is 0.768. The van der Waals surface area contributed by atoms with E-state index < -0.39 is 0 Å². The van der Waals surface area contributed by atoms with Crippen LogP contribution >= 0.6 is 0 Å². The van der Waals surface area contributed by atoms with Crippen LogP contribution in [0.2, 0.25) is 0 Å². The van der Waals surface area contributed by atoms with Gasteiger partial charge in [0, 0.05) is 13.0 Å². The molecule has 86 valence electrons. The molecule has 2 aromatic heterocycles. The van der Waals surface area contributed by atoms with Crippen LogP contribution in [-0.4, -0.2) is 10.4 Å². The number of imidazole rings is 1. The van der Waals surface area contributed by atoms with Gasteiger partial charge in [-0.2, -0.15) is 5.26 Å². The molecule has 0 aliphatic rings. The zero-order valence-electron chi connectivity index (χ0n) is 9.38. The first kappa shape index (κ1) is 11.1. The summed E-state index contributed by atoms with van der Waals surface area (Å²) >= 11 is 0. The first-order valence-corrected chi connectivity index (χ1v) is 5.24. The van der Waals surface area contributed by atoms with Crippen LogP contribution < -0.4 is 9.51 Å². The highest BCUT2D eigenvalue weighted by Gasteiger charge is 2.22. The third-order valence-electron chi connectivity index (χ3n) is 2.59. The minimum atomic E-state index is -0.328. The van der Waals surface area contributed by atoms with E-state index in [1.807, 2.05) is 6.07 Å². The molecule has 5 heteroatoms. The topological polar surface area (TPSA) is 72.9 Å². The second-order valence-electron chi connectivity index (χ2n) is 3.70. The fourth-order valence-electron chi connectivity index (χ4n) is 1.90. The van der Waals surface area contributed by atoms with Gasteiger partial charge in [-0.05, 0) is 6.07 Å². The van der Waals surface area contributed by atoms with E-state index in [1.165, 1.54) is 11.3 Å². The molecule has 0 unspecified atom stereocenters. The number of carbonyl (C=O) groups is 1. The summed E-state index contributed by atoms with van der Waals surface area (Å²) in [7, 11) is 0. The van der Waals surface area contributed by atoms with Crippen molar-refractivity contribution in [1.29, 1.82) is 5.26 Å². The van der Waals surface area contributed by atoms with E-state index in [1.54, 1.807) is 29.0 Å². The van der Waals surface area contributed by atoms with Crippen LogP contribution in [0.1, 0.15) is 23.8 Å². The lowest BCUT2D eigenvalue weighted by molar-refractivity contribution is -0.582. The Morgan fingerprint density at radius 1 is 1.59 bits per heavy atom. The molecule has 2 aromatic rings. The number of hydrogen-bond donors (Lipinski definition) is 0. The first-order chi connectivity index (χ1) is 8.16. The number of rotatable bonds is 3. The molecule has 17 heavy (non-hydrogen) atoms. The van der Waals surface area contributed by atoms with E-state index >= 15 is 0 Å². The zero-order chi connectivity index (χ0) is 12.4. The second-order valence-corrected chi connectivity index (χ2v) is 3.70. The highest BCUT2D eigenvalue weighted by molar-refractivity contribution is 5.94. The summed E-state index contributed by atoms with van der Waals surface area (Å²) in [5, 5.41) is 20.6. The van der Waals surface area contributed by atoms with Gasteiger partial charge in [0.25, 0.3) is 5.65 Å². The molecule has 0 fully saturated rings. The molecular formula is C12H11N3O2. The predicted molar refractivity (Wildman–Crippen MR) is 57.3 cm³/mol. The van der Waals surface area contributed by atoms with Gasteiger partial charge in [-0.15, -0.1) is 0 Å². The highest BCUT2D eigenvalue weighted by Crippen LogP contribution is 2.15. The van der Waals surface area contributed by atoms with Crippen molar-refractivity contribution in [3.05, 3.63) is 30.1 Å². The normalized spacial score (nSPS) is 10.4. The Bertz CT molecular complexity index is 622. The molecule has 0 amide bonds. The van der Waals surface area contributed by atoms with E-state index in [0.29, 0.717) is 12.2 Å². The smallest absolute Gasteiger partial charge is 0.286 e. The number of Topliss-reactive ketones (excluding diaryl/α,β-unsaturated/α-hetero) is 1. The number of nitrogens with zero attached hydrogens (tertiary/aromatic N) is 3. The van der Waals surface area contributed by atoms with Gasteiger partial charge >= 0.3 is 0 Å². The monoisotopic (exact) mass is 229 g/mol. The number of aromatic nitrogens is 2. The molecule has 0 N–H and O–H groups in total. The van der Waals surface area contributed by atoms with Crippen molar-refractivity contribution in [2.24, 2.45) is 0 Å². The van der Waals surface area contributed by atoms with Crippen LogP contribution in [0.4, 0.5) is 0 Å². The van der Waals surface area contributed by atoms with Crippen LogP contribution in [0.3, 0.4) is 0 Å². The van der Waals surface area contributed by atoms with Crippen molar-refractivity contribution in [3.8, 4) is 11.9 Å². The van der Waals surface area contributed by atoms with Crippen molar-refractivity contribution >= 4 is 11.4 Å². The maximum atomic E-state index is 12.0. The Morgan fingerprint density at radius 2 is 2.35 bits per heavy atom. The quantitative estimate of drug-likeness (QED) is 0.565. The number of nitriles is 1. The molecule has 0 atom stereocenters. The van der Waals surface area contributed by atoms with Gasteiger partial charge in [-0.3, -0.25) is 4.79 Å². The fraction of sp³-hybridized carbons (Fsp3) is 0.250. The summed E-state index contributed by atoms with van der Waals surface area (Å²) in [6.45, 7) is 1.71. The van der Waals surface area contributed by atoms with Crippen molar-refractivity contribution in [2.45, 2.75) is 19.9 Å². The molecule has 0 saturated heterocycles. The average Bonchev–Trinajstić information content (AvgIpc) is 2.60. The summed E-state index contributed by atoms with van der Waals surface area (Å²) in [6, 6.07) is 7.29. The van der Waals surface area contributed by atoms with Crippen molar-refractivity contribution in [1.82, 2.24) is 4.57 Å². The number of hydrogen-bond acceptors (Lipinski definition) is 3. The summed E-state index contributed by atoms with van der Waals surface area (Å²) in [5.74, 6) is -0.609. The second kappa shape index (κ2) is 4.26. The largest absolute Gasteiger partial charge is 0.839 e. The Labute approximate surface area is 98.2 Å². The van der Waals surface area contributed by atoms with Crippen LogP contribution in [-0.2, 0) is 6.54 Å². The van der Waals surface area contributed by atoms with E-state index in [2.05, 4.69) is 0 Å². The Balaban J connectivity index is 2.72. The average molecular weight is 229 g/mol. The Hall–Kier alpha value is -2.35. The van der Waals surface area contributed by atoms with E-state index in [0.717, 1.165) is 0 Å². The van der Waals surface area contributed by atoms with Crippen LogP contribution in [0, 0.1) is 11.3 Å². The molecule has 0 bridgehead atoms. The predicted octanol–water partition coefficient (Wildman–Crippen LogP) is 0.417. The van der Waals surface area contributed by atoms with E-state index in [-0.39, 0.29) is 23.8 Å². The van der Waals surface area contributed by atoms with Crippen molar-refractivity contribution in [3.63, 3.8) is 0 Å². The third kappa shape index (κ3) is 1.74. The van der Waals surface area contributed by atoms with Crippen molar-refractivity contribution in [2.75, 3.05) is 0 Å². The first-order valence-electron chi connectivity index (χ1n) is 5.24. The Kier molecular flexibility index (Phi) is 2.79. The molecule has 0 radical (unpaired) electrons. The number of aryl methyl sites for hydroxylation is 1. The number of fused-ring (bicyclic) bond motifs is 1. The van der Waals surface area contributed by atoms with Gasteiger partial charge in [0.15, 0.2) is 0 Å². The SMILES string of the molecule is CC(=O)c1c([O-])[n+]2ccccc2n1CCC#N. The minimum absolute atomic E-state index is 0.131. The van der Waals surface area contributed by atoms with Crippen LogP contribution in [0.25, 0.3) is 5.65 Å². The summed E-state index contributed by atoms with van der Waals surface area (Å²) in [6.07, 6.45) is 1.88. The summed E-state index contributed by atoms with van der Waals surface area (Å²) < 4.78 is 3.03. The zero-order valence-corrected chi connectivity index (χ0v) is 9.38. The van der Waals surface area contributed by atoms with Gasteiger partial charge in [0.1, 0.15) is 12.4 Å². The molecule has 2 heterocycles. The molecule has 0 aromatic carbocycles. The van der Waals surface area contributed by atoms with Gasteiger partial charge < -0.3 is 5.11 Å². The maximum Gasteiger partial charge on any atom is 0.286 e. The van der Waals surface area contributed by atoms with Crippen LogP contribution in [0.5, 0.6) is 5.88 Å². The van der Waals surface area contributed by atoms with Gasteiger partial charge in [-0.1, -0.05) is 6.07 Å². The number of pyridine rings is 1. The Morgan fingerprint density at radius 3 is 3.00 bits per heavy atom. The lowest BCUT2D eigenvalue weighted by Gasteiger charge is -2.00. The lowest BCUT2D eigenvalue weighted by atomic mass is 10.3. The maximum absolute atomic E-state index is 12.0. The van der Waals surface area contributed by atoms with E-state index in [9.17, 15) is 9.90 Å². The molecule has 0 aliphatic heterocycles. The number of ketones is 1. The molecular weight excluding hydrogens is 218 g/mol. The lowest BCUT2D eigenvalue weighted by Crippen LogP contribution is -2.24. The highest BCUT2D eigenvalue weighted by atomic mass is 16.3. The van der Waals surface area contributed by atoms with Gasteiger partial charge in [-0.25, -0.2) is 8.97 Å². The van der Waals surface area contributed by atoms with E-state index in [4.69, 9.17) is 5.26 Å². The van der Waals surface area contributed by atoms with Crippen LogP contribution in [0.15, 0.2) is 24.4 Å². The molecule has 2 rings (SSSR count). The molecule has 0 spiro atoms. The minimum Gasteiger partial charge on any atom is -0.839 e.